The van der Waals surface area contributed by atoms with Crippen molar-refractivity contribution in [2.75, 3.05) is 13.7 Å². The van der Waals surface area contributed by atoms with Gasteiger partial charge in [-0.1, -0.05) is 40.5 Å². The van der Waals surface area contributed by atoms with E-state index in [0.717, 1.165) is 19.1 Å². The molecule has 1 amide bonds. The number of hydrogen-bond acceptors (Lipinski definition) is 8. The van der Waals surface area contributed by atoms with Crippen LogP contribution in [0.1, 0.15) is 90.2 Å². The largest absolute Gasteiger partial charge is 0.497 e. The second-order valence-corrected chi connectivity index (χ2v) is 14.0. The summed E-state index contributed by atoms with van der Waals surface area (Å²) in [6, 6.07) is 4.13. The number of carbonyl (C=O) groups is 3. The Morgan fingerprint density at radius 3 is 2.64 bits per heavy atom. The van der Waals surface area contributed by atoms with E-state index in [4.69, 9.17) is 17.0 Å². The monoisotopic (exact) mass is 609 g/mol. The van der Waals surface area contributed by atoms with Crippen molar-refractivity contribution in [2.45, 2.75) is 104 Å². The number of nitrogens with zero attached hydrogens (tertiary/aromatic N) is 3. The van der Waals surface area contributed by atoms with Crippen LogP contribution in [0.15, 0.2) is 18.2 Å². The van der Waals surface area contributed by atoms with Crippen molar-refractivity contribution < 1.29 is 34.1 Å². The van der Waals surface area contributed by atoms with Gasteiger partial charge in [-0.05, 0) is 73.7 Å². The molecule has 0 radical (unpaired) electrons. The Kier molecular flexibility index (Phi) is 7.27. The topological polar surface area (TPSA) is 108 Å². The molecule has 0 spiro atoms. The van der Waals surface area contributed by atoms with Crippen LogP contribution >= 0.6 is 0 Å². The van der Waals surface area contributed by atoms with E-state index >= 15 is 0 Å². The van der Waals surface area contributed by atoms with Crippen LogP contribution in [0.25, 0.3) is 11.0 Å². The first-order valence-electron chi connectivity index (χ1n) is 18.1. The average molecular weight is 610 g/mol. The minimum absolute atomic E-state index is 0.00357. The maximum atomic E-state index is 14.3. The molecule has 2 bridgehead atoms. The standard InChI is InChI=1S/C35H47N3O6/c1-6-22-29(19-39)38-18-31(22)44-33-27(36-26-13-12-21(42-5)16-28(26)37-33)11-9-7-8-10-23-24-14-20(24)15-30(23)43-32(40)17-25(34(38)41)35(2,3)4/h12-13,16,19-20,22-25,29-31H,6-11,14-15,17-18H2,1-5H3/t20?,22-,23+,24?,25+,29+,30+,31-/m0/s1/i9D2,11D2. The maximum absolute atomic E-state index is 14.3. The molecule has 4 aliphatic rings. The molecule has 8 atom stereocenters. The van der Waals surface area contributed by atoms with Gasteiger partial charge in [0.05, 0.1) is 43.1 Å². The van der Waals surface area contributed by atoms with E-state index in [0.29, 0.717) is 47.9 Å². The van der Waals surface area contributed by atoms with Crippen LogP contribution in [0, 0.1) is 35.0 Å². The minimum Gasteiger partial charge on any atom is -0.497 e. The van der Waals surface area contributed by atoms with Crippen LogP contribution in [-0.2, 0) is 25.5 Å². The number of benzene rings is 1. The number of esters is 1. The third kappa shape index (κ3) is 6.03. The van der Waals surface area contributed by atoms with Gasteiger partial charge in [0.2, 0.25) is 11.8 Å². The lowest BCUT2D eigenvalue weighted by Gasteiger charge is -2.34. The number of rotatable bonds is 3. The number of fused-ring (bicyclic) bond motifs is 7. The summed E-state index contributed by atoms with van der Waals surface area (Å²) in [5, 5.41) is 0. The predicted octanol–water partition coefficient (Wildman–Crippen LogP) is 5.56. The van der Waals surface area contributed by atoms with Crippen molar-refractivity contribution in [3.8, 4) is 11.6 Å². The van der Waals surface area contributed by atoms with E-state index in [9.17, 15) is 17.1 Å². The average Bonchev–Trinajstić information content (AvgIpc) is 3.58. The van der Waals surface area contributed by atoms with Crippen molar-refractivity contribution in [3.63, 3.8) is 0 Å². The van der Waals surface area contributed by atoms with Crippen LogP contribution in [0.2, 0.25) is 0 Å². The lowest BCUT2D eigenvalue weighted by molar-refractivity contribution is -0.158. The van der Waals surface area contributed by atoms with Gasteiger partial charge >= 0.3 is 5.97 Å². The van der Waals surface area contributed by atoms with Gasteiger partial charge < -0.3 is 23.9 Å². The van der Waals surface area contributed by atoms with Crippen molar-refractivity contribution in [1.82, 2.24) is 14.9 Å². The number of carbonyl (C=O) groups excluding carboxylic acids is 3. The summed E-state index contributed by atoms with van der Waals surface area (Å²) in [5.41, 5.74) is -0.157. The molecule has 2 unspecified atom stereocenters. The van der Waals surface area contributed by atoms with Crippen LogP contribution < -0.4 is 9.47 Å². The van der Waals surface area contributed by atoms with Crippen LogP contribution in [0.4, 0.5) is 0 Å². The molecule has 2 aromatic rings. The molecular weight excluding hydrogens is 558 g/mol. The van der Waals surface area contributed by atoms with E-state index in [1.54, 1.807) is 18.2 Å². The van der Waals surface area contributed by atoms with E-state index in [-0.39, 0.29) is 48.9 Å². The molecule has 1 aromatic heterocycles. The van der Waals surface area contributed by atoms with Gasteiger partial charge in [-0.2, -0.15) is 0 Å². The van der Waals surface area contributed by atoms with Crippen LogP contribution in [0.5, 0.6) is 11.6 Å². The van der Waals surface area contributed by atoms with Gasteiger partial charge in [0, 0.05) is 17.5 Å². The first kappa shape index (κ1) is 26.0. The van der Waals surface area contributed by atoms with Crippen molar-refractivity contribution >= 4 is 29.2 Å². The predicted molar refractivity (Wildman–Crippen MR) is 165 cm³/mol. The molecule has 238 valence electrons. The summed E-state index contributed by atoms with van der Waals surface area (Å²) in [7, 11) is 1.52. The number of aldehydes is 1. The fourth-order valence-electron chi connectivity index (χ4n) is 7.67. The Bertz CT molecular complexity index is 1580. The number of aromatic nitrogens is 2. The lowest BCUT2D eigenvalue weighted by atomic mass is 9.77. The number of amides is 1. The normalized spacial score (nSPS) is 36.5. The first-order valence-corrected chi connectivity index (χ1v) is 16.1. The molecule has 2 saturated carbocycles. The highest BCUT2D eigenvalue weighted by Crippen LogP contribution is 2.58. The highest BCUT2D eigenvalue weighted by Gasteiger charge is 2.54. The molecule has 9 nitrogen and oxygen atoms in total. The molecule has 2 aliphatic heterocycles. The number of aryl methyl sites for hydroxylation is 1. The smallest absolute Gasteiger partial charge is 0.306 e. The van der Waals surface area contributed by atoms with Gasteiger partial charge in [-0.25, -0.2) is 9.97 Å². The Hall–Kier alpha value is -3.23. The molecular formula is C35H47N3O6. The fraction of sp³-hybridized carbons (Fsp3) is 0.686. The van der Waals surface area contributed by atoms with Gasteiger partial charge in [-0.3, -0.25) is 9.59 Å². The molecule has 2 aliphatic carbocycles. The van der Waals surface area contributed by atoms with E-state index in [1.165, 1.54) is 12.0 Å². The molecule has 0 N–H and O–H groups in total. The summed E-state index contributed by atoms with van der Waals surface area (Å²) in [4.78, 5) is 51.2. The quantitative estimate of drug-likeness (QED) is 0.329. The van der Waals surface area contributed by atoms with Crippen LogP contribution in [-0.4, -0.2) is 64.9 Å². The lowest BCUT2D eigenvalue weighted by Crippen LogP contribution is -2.46. The molecule has 3 heterocycles. The first-order chi connectivity index (χ1) is 22.6. The van der Waals surface area contributed by atoms with Gasteiger partial charge in [0.1, 0.15) is 29.9 Å². The van der Waals surface area contributed by atoms with Crippen molar-refractivity contribution in [1.29, 1.82) is 0 Å². The van der Waals surface area contributed by atoms with Gasteiger partial charge in [0.25, 0.3) is 0 Å². The number of ether oxygens (including phenoxy) is 3. The Morgan fingerprint density at radius 2 is 1.91 bits per heavy atom. The summed E-state index contributed by atoms with van der Waals surface area (Å²) < 4.78 is 54.3. The number of hydrogen-bond donors (Lipinski definition) is 0. The van der Waals surface area contributed by atoms with E-state index in [2.05, 4.69) is 9.97 Å². The zero-order valence-electron chi connectivity index (χ0n) is 30.4. The zero-order valence-corrected chi connectivity index (χ0v) is 26.4. The summed E-state index contributed by atoms with van der Waals surface area (Å²) in [6.07, 6.45) is -2.27. The van der Waals surface area contributed by atoms with Gasteiger partial charge in [-0.15, -0.1) is 0 Å². The highest BCUT2D eigenvalue weighted by atomic mass is 16.5. The third-order valence-corrected chi connectivity index (χ3v) is 10.2. The summed E-state index contributed by atoms with van der Waals surface area (Å²) in [6.45, 7) is 7.60. The summed E-state index contributed by atoms with van der Waals surface area (Å²) in [5.74, 6) is -0.739. The molecule has 3 fully saturated rings. The SMILES string of the molecule is [2H]C1([2H])CCC[C@@H]2C3CC3C[C@H]2OC(=O)C[C@@H](C(C)(C)C)C(=O)N2C[C@H](Oc3nc4cc(OC)ccc4nc3C1([2H])[2H])[C@@H](CC)[C@H]2C=O. The Balaban J connectivity index is 1.45. The second kappa shape index (κ2) is 12.3. The zero-order chi connectivity index (χ0) is 34.8. The Labute approximate surface area is 266 Å². The minimum atomic E-state index is -2.62. The van der Waals surface area contributed by atoms with Crippen molar-refractivity contribution in [2.24, 2.45) is 35.0 Å². The maximum Gasteiger partial charge on any atom is 0.306 e. The summed E-state index contributed by atoms with van der Waals surface area (Å²) >= 11 is 0. The molecule has 1 saturated heterocycles. The van der Waals surface area contributed by atoms with Crippen LogP contribution in [0.3, 0.4) is 0 Å². The Morgan fingerprint density at radius 1 is 1.09 bits per heavy atom. The molecule has 44 heavy (non-hydrogen) atoms. The fourth-order valence-corrected chi connectivity index (χ4v) is 7.67. The van der Waals surface area contributed by atoms with E-state index < -0.39 is 48.1 Å². The van der Waals surface area contributed by atoms with Crippen molar-refractivity contribution in [3.05, 3.63) is 23.9 Å². The van der Waals surface area contributed by atoms with Gasteiger partial charge in [0.15, 0.2) is 0 Å². The number of methoxy groups -OCH3 is 1. The third-order valence-electron chi connectivity index (χ3n) is 10.2. The van der Waals surface area contributed by atoms with E-state index in [1.807, 2.05) is 27.7 Å². The second-order valence-electron chi connectivity index (χ2n) is 14.0. The molecule has 1 aromatic carbocycles. The molecule has 6 rings (SSSR count). The highest BCUT2D eigenvalue weighted by molar-refractivity contribution is 5.87. The molecule has 9 heteroatoms.